The Bertz CT molecular complexity index is 218. The highest BCUT2D eigenvalue weighted by atomic mass is 32.2. The first-order valence-electron chi connectivity index (χ1n) is 6.61. The van der Waals surface area contributed by atoms with Gasteiger partial charge in [-0.1, -0.05) is 19.3 Å². The highest BCUT2D eigenvalue weighted by Crippen LogP contribution is 2.35. The van der Waals surface area contributed by atoms with Crippen LogP contribution in [0, 0.1) is 5.41 Å². The maximum Gasteiger partial charge on any atom is 0.127 e. The van der Waals surface area contributed by atoms with E-state index in [-0.39, 0.29) is 5.41 Å². The minimum atomic E-state index is 0.00720. The van der Waals surface area contributed by atoms with Crippen LogP contribution in [0.5, 0.6) is 0 Å². The molecule has 0 spiro atoms. The quantitative estimate of drug-likeness (QED) is 0.708. The monoisotopic (exact) mass is 241 g/mol. The Hall–Kier alpha value is -0.0200. The van der Waals surface area contributed by atoms with Crippen LogP contribution in [0.2, 0.25) is 0 Å². The minimum Gasteiger partial charge on any atom is -0.303 e. The molecule has 2 fully saturated rings. The lowest BCUT2D eigenvalue weighted by Gasteiger charge is -2.36. The summed E-state index contributed by atoms with van der Waals surface area (Å²) >= 11 is 2.06. The molecule has 2 aliphatic rings. The molecule has 0 aromatic heterocycles. The third-order valence-corrected chi connectivity index (χ3v) is 5.00. The molecule has 0 unspecified atom stereocenters. The fraction of sp³-hybridized carbons (Fsp3) is 0.923. The summed E-state index contributed by atoms with van der Waals surface area (Å²) in [5, 5.41) is 0. The lowest BCUT2D eigenvalue weighted by Crippen LogP contribution is -2.41. The van der Waals surface area contributed by atoms with Crippen LogP contribution in [-0.2, 0) is 4.79 Å². The first kappa shape index (κ1) is 12.4. The Morgan fingerprint density at radius 3 is 2.62 bits per heavy atom. The molecule has 0 N–H and O–H groups in total. The molecular weight excluding hydrogens is 218 g/mol. The molecule has 2 rings (SSSR count). The van der Waals surface area contributed by atoms with E-state index in [9.17, 15) is 4.79 Å². The molecule has 1 aliphatic carbocycles. The Balaban J connectivity index is 1.91. The van der Waals surface area contributed by atoms with Crippen LogP contribution in [0.3, 0.4) is 0 Å². The number of aldehydes is 1. The molecule has 3 heteroatoms. The fourth-order valence-corrected chi connectivity index (χ4v) is 3.89. The Labute approximate surface area is 103 Å². The lowest BCUT2D eigenvalue weighted by molar-refractivity contribution is -0.119. The van der Waals surface area contributed by atoms with Crippen LogP contribution in [-0.4, -0.2) is 42.3 Å². The second-order valence-electron chi connectivity index (χ2n) is 5.28. The summed E-state index contributed by atoms with van der Waals surface area (Å²) in [4.78, 5) is 13.9. The molecule has 0 aromatic rings. The first-order valence-corrected chi connectivity index (χ1v) is 7.77. The SMILES string of the molecule is O=CC1(CN2CCCSCC2)CCCCC1. The largest absolute Gasteiger partial charge is 0.303 e. The first-order chi connectivity index (χ1) is 7.85. The summed E-state index contributed by atoms with van der Waals surface area (Å²) in [6, 6.07) is 0. The van der Waals surface area contributed by atoms with Gasteiger partial charge < -0.3 is 9.69 Å². The number of carbonyl (C=O) groups is 1. The highest BCUT2D eigenvalue weighted by Gasteiger charge is 2.33. The molecule has 1 saturated carbocycles. The Morgan fingerprint density at radius 1 is 1.06 bits per heavy atom. The second-order valence-corrected chi connectivity index (χ2v) is 6.51. The predicted molar refractivity (Wildman–Crippen MR) is 70.0 cm³/mol. The van der Waals surface area contributed by atoms with Crippen molar-refractivity contribution in [3.63, 3.8) is 0 Å². The van der Waals surface area contributed by atoms with Gasteiger partial charge in [-0.2, -0.15) is 11.8 Å². The van der Waals surface area contributed by atoms with E-state index in [1.165, 1.54) is 56.6 Å². The molecule has 0 bridgehead atoms. The van der Waals surface area contributed by atoms with Gasteiger partial charge in [0, 0.05) is 24.3 Å². The van der Waals surface area contributed by atoms with Gasteiger partial charge in [0.25, 0.3) is 0 Å². The molecule has 2 nitrogen and oxygen atoms in total. The van der Waals surface area contributed by atoms with Crippen LogP contribution in [0.25, 0.3) is 0 Å². The van der Waals surface area contributed by atoms with Crippen LogP contribution in [0.1, 0.15) is 38.5 Å². The highest BCUT2D eigenvalue weighted by molar-refractivity contribution is 7.99. The van der Waals surface area contributed by atoms with Crippen molar-refractivity contribution < 1.29 is 4.79 Å². The zero-order valence-electron chi connectivity index (χ0n) is 10.1. The average Bonchev–Trinajstić information content (AvgIpc) is 2.59. The summed E-state index contributed by atoms with van der Waals surface area (Å²) < 4.78 is 0. The van der Waals surface area contributed by atoms with Crippen molar-refractivity contribution in [1.82, 2.24) is 4.90 Å². The van der Waals surface area contributed by atoms with Crippen LogP contribution >= 0.6 is 11.8 Å². The zero-order valence-corrected chi connectivity index (χ0v) is 10.9. The van der Waals surface area contributed by atoms with Gasteiger partial charge in [0.05, 0.1) is 0 Å². The van der Waals surface area contributed by atoms with Crippen molar-refractivity contribution in [1.29, 1.82) is 0 Å². The van der Waals surface area contributed by atoms with Gasteiger partial charge >= 0.3 is 0 Å². The Kier molecular flexibility index (Phi) is 4.71. The predicted octanol–water partition coefficient (Wildman–Crippen LogP) is 2.57. The van der Waals surface area contributed by atoms with E-state index in [0.717, 1.165) is 19.4 Å². The van der Waals surface area contributed by atoms with Crippen molar-refractivity contribution in [2.75, 3.05) is 31.1 Å². The third-order valence-electron chi connectivity index (χ3n) is 3.95. The maximum absolute atomic E-state index is 11.4. The molecule has 16 heavy (non-hydrogen) atoms. The number of hydrogen-bond donors (Lipinski definition) is 0. The van der Waals surface area contributed by atoms with E-state index in [2.05, 4.69) is 16.7 Å². The standard InChI is InChI=1S/C13H23NOS/c15-12-13(5-2-1-3-6-13)11-14-7-4-9-16-10-8-14/h12H,1-11H2. The van der Waals surface area contributed by atoms with Gasteiger partial charge in [-0.3, -0.25) is 0 Å². The van der Waals surface area contributed by atoms with Crippen molar-refractivity contribution in [2.24, 2.45) is 5.41 Å². The van der Waals surface area contributed by atoms with E-state index in [1.807, 2.05) is 0 Å². The molecular formula is C13H23NOS. The van der Waals surface area contributed by atoms with Gasteiger partial charge in [-0.15, -0.1) is 0 Å². The number of carbonyl (C=O) groups excluding carboxylic acids is 1. The van der Waals surface area contributed by atoms with Gasteiger partial charge in [0.1, 0.15) is 6.29 Å². The van der Waals surface area contributed by atoms with Crippen molar-refractivity contribution >= 4 is 18.0 Å². The molecule has 1 saturated heterocycles. The summed E-state index contributed by atoms with van der Waals surface area (Å²) in [5.41, 5.74) is 0.00720. The van der Waals surface area contributed by atoms with E-state index in [4.69, 9.17) is 0 Å². The maximum atomic E-state index is 11.4. The molecule has 1 heterocycles. The molecule has 0 amide bonds. The van der Waals surface area contributed by atoms with Gasteiger partial charge in [0.2, 0.25) is 0 Å². The summed E-state index contributed by atoms with van der Waals surface area (Å²) in [6.45, 7) is 3.40. The van der Waals surface area contributed by atoms with E-state index in [1.54, 1.807) is 0 Å². The lowest BCUT2D eigenvalue weighted by atomic mass is 9.75. The van der Waals surface area contributed by atoms with Crippen molar-refractivity contribution in [2.45, 2.75) is 38.5 Å². The summed E-state index contributed by atoms with van der Waals surface area (Å²) in [5.74, 6) is 2.54. The fourth-order valence-electron chi connectivity index (χ4n) is 2.97. The molecule has 0 radical (unpaired) electrons. The summed E-state index contributed by atoms with van der Waals surface area (Å²) in [6.07, 6.45) is 8.64. The summed E-state index contributed by atoms with van der Waals surface area (Å²) in [7, 11) is 0. The third kappa shape index (κ3) is 3.24. The van der Waals surface area contributed by atoms with Crippen LogP contribution in [0.4, 0.5) is 0 Å². The van der Waals surface area contributed by atoms with E-state index >= 15 is 0 Å². The number of thioether (sulfide) groups is 1. The normalized spacial score (nSPS) is 27.2. The van der Waals surface area contributed by atoms with Gasteiger partial charge in [-0.05, 0) is 31.6 Å². The molecule has 1 aliphatic heterocycles. The van der Waals surface area contributed by atoms with Gasteiger partial charge in [0.15, 0.2) is 0 Å². The van der Waals surface area contributed by atoms with E-state index in [0.29, 0.717) is 0 Å². The van der Waals surface area contributed by atoms with E-state index < -0.39 is 0 Å². The van der Waals surface area contributed by atoms with Crippen LogP contribution < -0.4 is 0 Å². The number of rotatable bonds is 3. The van der Waals surface area contributed by atoms with Crippen LogP contribution in [0.15, 0.2) is 0 Å². The average molecular weight is 241 g/mol. The Morgan fingerprint density at radius 2 is 1.88 bits per heavy atom. The van der Waals surface area contributed by atoms with Gasteiger partial charge in [-0.25, -0.2) is 0 Å². The minimum absolute atomic E-state index is 0.00720. The zero-order chi connectivity index (χ0) is 11.3. The number of nitrogens with zero attached hydrogens (tertiary/aromatic N) is 1. The van der Waals surface area contributed by atoms with Crippen molar-refractivity contribution in [3.8, 4) is 0 Å². The molecule has 92 valence electrons. The van der Waals surface area contributed by atoms with Crippen molar-refractivity contribution in [3.05, 3.63) is 0 Å². The molecule has 0 atom stereocenters. The second kappa shape index (κ2) is 6.06. The smallest absolute Gasteiger partial charge is 0.127 e. The molecule has 0 aromatic carbocycles. The topological polar surface area (TPSA) is 20.3 Å². The number of hydrogen-bond acceptors (Lipinski definition) is 3.